The topological polar surface area (TPSA) is 30.9 Å². The summed E-state index contributed by atoms with van der Waals surface area (Å²) in [6, 6.07) is 6.93. The number of nitrogens with two attached hydrogens (primary N) is 1. The van der Waals surface area contributed by atoms with Crippen molar-refractivity contribution in [1.29, 1.82) is 0 Å². The molecule has 0 amide bonds. The number of hydrogen-bond donors (Lipinski definition) is 1. The van der Waals surface area contributed by atoms with Gasteiger partial charge in [-0.2, -0.15) is 0 Å². The lowest BCUT2D eigenvalue weighted by Gasteiger charge is -2.14. The Morgan fingerprint density at radius 1 is 1.39 bits per heavy atom. The average molecular weight is 307 g/mol. The molecule has 1 aromatic heterocycles. The summed E-state index contributed by atoms with van der Waals surface area (Å²) in [6.45, 7) is 0. The van der Waals surface area contributed by atoms with E-state index in [-0.39, 0.29) is 0 Å². The monoisotopic (exact) mass is 306 g/mol. The molecule has 1 aliphatic carbocycles. The summed E-state index contributed by atoms with van der Waals surface area (Å²) < 4.78 is 3.36. The SMILES string of the molecule is Cn1cc(CC2CCCC2N)c2ccc(Br)cc21. The maximum absolute atomic E-state index is 6.19. The zero-order valence-corrected chi connectivity index (χ0v) is 12.3. The molecule has 0 radical (unpaired) electrons. The van der Waals surface area contributed by atoms with Crippen LogP contribution in [0.25, 0.3) is 10.9 Å². The van der Waals surface area contributed by atoms with Crippen LogP contribution in [0.5, 0.6) is 0 Å². The van der Waals surface area contributed by atoms with Gasteiger partial charge in [0.2, 0.25) is 0 Å². The quantitative estimate of drug-likeness (QED) is 0.903. The largest absolute Gasteiger partial charge is 0.350 e. The molecular formula is C15H19BrN2. The third-order valence-corrected chi connectivity index (χ3v) is 4.73. The molecule has 0 aliphatic heterocycles. The highest BCUT2D eigenvalue weighted by molar-refractivity contribution is 9.10. The Kier molecular flexibility index (Phi) is 3.20. The van der Waals surface area contributed by atoms with Gasteiger partial charge in [0.15, 0.2) is 0 Å². The molecule has 3 heteroatoms. The van der Waals surface area contributed by atoms with Gasteiger partial charge in [-0.15, -0.1) is 0 Å². The Balaban J connectivity index is 1.97. The number of nitrogens with zero attached hydrogens (tertiary/aromatic N) is 1. The Morgan fingerprint density at radius 2 is 2.22 bits per heavy atom. The molecule has 0 bridgehead atoms. The highest BCUT2D eigenvalue weighted by atomic mass is 79.9. The molecule has 2 nitrogen and oxygen atoms in total. The predicted molar refractivity (Wildman–Crippen MR) is 79.6 cm³/mol. The van der Waals surface area contributed by atoms with Gasteiger partial charge in [0.25, 0.3) is 0 Å². The van der Waals surface area contributed by atoms with Gasteiger partial charge in [0.1, 0.15) is 0 Å². The summed E-state index contributed by atoms with van der Waals surface area (Å²) in [5, 5.41) is 1.37. The third-order valence-electron chi connectivity index (χ3n) is 4.24. The molecule has 1 aromatic carbocycles. The summed E-state index contributed by atoms with van der Waals surface area (Å²) in [5.74, 6) is 0.666. The van der Waals surface area contributed by atoms with Crippen molar-refractivity contribution in [2.45, 2.75) is 31.7 Å². The van der Waals surface area contributed by atoms with Crippen LogP contribution < -0.4 is 5.73 Å². The molecule has 1 heterocycles. The van der Waals surface area contributed by atoms with E-state index in [1.165, 1.54) is 35.7 Å². The second kappa shape index (κ2) is 4.71. The van der Waals surface area contributed by atoms with Gasteiger partial charge in [0, 0.05) is 34.7 Å². The molecule has 1 aliphatic rings. The number of aryl methyl sites for hydroxylation is 1. The van der Waals surface area contributed by atoms with Gasteiger partial charge >= 0.3 is 0 Å². The fraction of sp³-hybridized carbons (Fsp3) is 0.467. The number of benzene rings is 1. The second-order valence-corrected chi connectivity index (χ2v) is 6.40. The Labute approximate surface area is 116 Å². The van der Waals surface area contributed by atoms with Crippen molar-refractivity contribution in [1.82, 2.24) is 4.57 Å². The van der Waals surface area contributed by atoms with E-state index in [4.69, 9.17) is 5.73 Å². The maximum Gasteiger partial charge on any atom is 0.0491 e. The first kappa shape index (κ1) is 12.2. The summed E-state index contributed by atoms with van der Waals surface area (Å²) >= 11 is 3.54. The van der Waals surface area contributed by atoms with Crippen LogP contribution in [-0.4, -0.2) is 10.6 Å². The molecule has 0 saturated heterocycles. The highest BCUT2D eigenvalue weighted by Gasteiger charge is 2.25. The van der Waals surface area contributed by atoms with Crippen LogP contribution >= 0.6 is 15.9 Å². The van der Waals surface area contributed by atoms with Crippen LogP contribution in [-0.2, 0) is 13.5 Å². The van der Waals surface area contributed by atoms with Crippen molar-refractivity contribution >= 4 is 26.8 Å². The van der Waals surface area contributed by atoms with E-state index in [1.807, 2.05) is 0 Å². The second-order valence-electron chi connectivity index (χ2n) is 5.49. The van der Waals surface area contributed by atoms with Crippen LogP contribution in [0.3, 0.4) is 0 Å². The van der Waals surface area contributed by atoms with Crippen molar-refractivity contribution in [3.05, 3.63) is 34.4 Å². The van der Waals surface area contributed by atoms with Crippen molar-refractivity contribution in [2.75, 3.05) is 0 Å². The van der Waals surface area contributed by atoms with Gasteiger partial charge < -0.3 is 10.3 Å². The molecule has 2 aromatic rings. The van der Waals surface area contributed by atoms with Gasteiger partial charge in [-0.1, -0.05) is 28.4 Å². The third kappa shape index (κ3) is 2.10. The van der Waals surface area contributed by atoms with E-state index in [1.54, 1.807) is 0 Å². The molecule has 2 unspecified atom stereocenters. The van der Waals surface area contributed by atoms with Crippen molar-refractivity contribution in [3.63, 3.8) is 0 Å². The summed E-state index contributed by atoms with van der Waals surface area (Å²) in [5.41, 5.74) is 8.93. The first-order valence-electron chi connectivity index (χ1n) is 6.64. The van der Waals surface area contributed by atoms with Crippen LogP contribution in [0.1, 0.15) is 24.8 Å². The number of hydrogen-bond acceptors (Lipinski definition) is 1. The number of fused-ring (bicyclic) bond motifs is 1. The molecule has 1 fully saturated rings. The van der Waals surface area contributed by atoms with E-state index in [2.05, 4.69) is 51.9 Å². The summed E-state index contributed by atoms with van der Waals surface area (Å²) in [6.07, 6.45) is 7.17. The first-order chi connectivity index (χ1) is 8.65. The van der Waals surface area contributed by atoms with Gasteiger partial charge in [-0.3, -0.25) is 0 Å². The van der Waals surface area contributed by atoms with E-state index < -0.39 is 0 Å². The van der Waals surface area contributed by atoms with Crippen molar-refractivity contribution in [2.24, 2.45) is 18.7 Å². The molecule has 2 N–H and O–H groups in total. The number of halogens is 1. The van der Waals surface area contributed by atoms with Gasteiger partial charge in [0.05, 0.1) is 0 Å². The summed E-state index contributed by atoms with van der Waals surface area (Å²) in [7, 11) is 2.12. The van der Waals surface area contributed by atoms with Crippen molar-refractivity contribution in [3.8, 4) is 0 Å². The lowest BCUT2D eigenvalue weighted by atomic mass is 9.95. The predicted octanol–water partition coefficient (Wildman–Crippen LogP) is 3.61. The maximum atomic E-state index is 6.19. The Bertz CT molecular complexity index is 573. The smallest absolute Gasteiger partial charge is 0.0491 e. The van der Waals surface area contributed by atoms with E-state index in [0.29, 0.717) is 12.0 Å². The first-order valence-corrected chi connectivity index (χ1v) is 7.43. The molecule has 0 spiro atoms. The molecule has 3 rings (SSSR count). The van der Waals surface area contributed by atoms with Crippen LogP contribution in [0.2, 0.25) is 0 Å². The zero-order valence-electron chi connectivity index (χ0n) is 10.7. The minimum absolute atomic E-state index is 0.399. The van der Waals surface area contributed by atoms with Crippen LogP contribution in [0, 0.1) is 5.92 Å². The van der Waals surface area contributed by atoms with E-state index in [9.17, 15) is 0 Å². The molecule has 96 valence electrons. The molecule has 18 heavy (non-hydrogen) atoms. The Morgan fingerprint density at radius 3 is 2.94 bits per heavy atom. The molecule has 1 saturated carbocycles. The van der Waals surface area contributed by atoms with Gasteiger partial charge in [-0.05, 0) is 42.9 Å². The zero-order chi connectivity index (χ0) is 12.7. The fourth-order valence-electron chi connectivity index (χ4n) is 3.21. The van der Waals surface area contributed by atoms with E-state index in [0.717, 1.165) is 10.9 Å². The lowest BCUT2D eigenvalue weighted by molar-refractivity contribution is 0.480. The average Bonchev–Trinajstić information content (AvgIpc) is 2.86. The lowest BCUT2D eigenvalue weighted by Crippen LogP contribution is -2.25. The van der Waals surface area contributed by atoms with Crippen LogP contribution in [0.15, 0.2) is 28.9 Å². The highest BCUT2D eigenvalue weighted by Crippen LogP contribution is 2.31. The minimum atomic E-state index is 0.399. The Hall–Kier alpha value is -0.800. The molecule has 2 atom stereocenters. The van der Waals surface area contributed by atoms with Crippen molar-refractivity contribution < 1.29 is 0 Å². The standard InChI is InChI=1S/C15H19BrN2/c1-18-9-11(7-10-3-2-4-14(10)17)13-6-5-12(16)8-15(13)18/h5-6,8-10,14H,2-4,7,17H2,1H3. The van der Waals surface area contributed by atoms with Gasteiger partial charge in [-0.25, -0.2) is 0 Å². The fourth-order valence-corrected chi connectivity index (χ4v) is 3.55. The summed E-state index contributed by atoms with van der Waals surface area (Å²) in [4.78, 5) is 0. The minimum Gasteiger partial charge on any atom is -0.350 e. The normalized spacial score (nSPS) is 23.9. The van der Waals surface area contributed by atoms with E-state index >= 15 is 0 Å². The van der Waals surface area contributed by atoms with Crippen LogP contribution in [0.4, 0.5) is 0 Å². The number of aromatic nitrogens is 1. The number of rotatable bonds is 2. The molecular weight excluding hydrogens is 288 g/mol.